The molecule has 8 atom stereocenters. The van der Waals surface area contributed by atoms with Gasteiger partial charge in [0.25, 0.3) is 11.8 Å². The number of carboxylic acid groups (broad SMARTS) is 1. The monoisotopic (exact) mass is 1330 g/mol. The van der Waals surface area contributed by atoms with Crippen LogP contribution < -0.4 is 47.3 Å². The van der Waals surface area contributed by atoms with Gasteiger partial charge in [-0.2, -0.15) is 0 Å². The number of thioether (sulfide) groups is 1. The van der Waals surface area contributed by atoms with E-state index in [1.807, 2.05) is 32.9 Å². The minimum Gasteiger partial charge on any atom is -0.494 e. The van der Waals surface area contributed by atoms with Gasteiger partial charge in [-0.3, -0.25) is 28.5 Å². The van der Waals surface area contributed by atoms with Crippen LogP contribution in [0.3, 0.4) is 0 Å². The van der Waals surface area contributed by atoms with Crippen LogP contribution in [-0.4, -0.2) is 155 Å². The number of anilines is 3. The second-order valence-electron chi connectivity index (χ2n) is 25.3. The Kier molecular flexibility index (Phi) is 23.8. The summed E-state index contributed by atoms with van der Waals surface area (Å²) in [5.41, 5.74) is 8.52. The van der Waals surface area contributed by atoms with Crippen molar-refractivity contribution in [1.29, 1.82) is 0 Å². The van der Waals surface area contributed by atoms with Crippen LogP contribution in [0, 0.1) is 11.8 Å². The first-order valence-electron chi connectivity index (χ1n) is 33.0. The number of carboxylic acids is 1. The lowest BCUT2D eigenvalue weighted by molar-refractivity contribution is -0.270. The second kappa shape index (κ2) is 31.9. The number of nitrogens with one attached hydrogen (secondary N) is 7. The van der Waals surface area contributed by atoms with Crippen molar-refractivity contribution in [3.8, 4) is 17.5 Å². The molecule has 2 fully saturated rings. The molecule has 0 spiro atoms. The number of urea groups is 1. The molecule has 25 nitrogen and oxygen atoms in total. The SMILES string of the molecule is CCC1CN(C(=O)c2cc3cc(NC(=O)c4ccc(NC(=O)C(CCCNC(N)=O)NC(=O)C(NCCNC(=O)CCCn5c(O)cc(SC(CC)(CC)C6CCCCCC6)c5O)C(C)C)cc4)ccc3[nH]2)c2cc(OC3OC(C(=O)O)C(O)C(O)C3O)c3ccccc3c21. The smallest absolute Gasteiger partial charge is 0.335 e. The molecule has 9 rings (SSSR count). The van der Waals surface area contributed by atoms with Gasteiger partial charge in [0.1, 0.15) is 35.8 Å². The molecule has 4 heterocycles. The lowest BCUT2D eigenvalue weighted by atomic mass is 9.81. The van der Waals surface area contributed by atoms with Crippen molar-refractivity contribution < 1.29 is 73.7 Å². The Morgan fingerprint density at radius 3 is 2.17 bits per heavy atom. The van der Waals surface area contributed by atoms with Crippen LogP contribution in [0.5, 0.6) is 17.5 Å². The third-order valence-electron chi connectivity index (χ3n) is 18.7. The van der Waals surface area contributed by atoms with Crippen LogP contribution in [-0.2, 0) is 30.5 Å². The fraction of sp³-hybridized carbons (Fsp3) is 0.493. The lowest BCUT2D eigenvalue weighted by Crippen LogP contribution is -2.61. The maximum Gasteiger partial charge on any atom is 0.335 e. The van der Waals surface area contributed by atoms with Gasteiger partial charge in [0.05, 0.1) is 16.6 Å². The van der Waals surface area contributed by atoms with Crippen molar-refractivity contribution in [1.82, 2.24) is 30.8 Å². The van der Waals surface area contributed by atoms with Gasteiger partial charge in [-0.1, -0.05) is 84.6 Å². The molecule has 95 heavy (non-hydrogen) atoms. The topological polar surface area (TPSA) is 381 Å². The Bertz CT molecular complexity index is 3710. The second-order valence-corrected chi connectivity index (χ2v) is 26.7. The van der Waals surface area contributed by atoms with E-state index >= 15 is 0 Å². The molecule has 2 aliphatic heterocycles. The summed E-state index contributed by atoms with van der Waals surface area (Å²) in [7, 11) is 0. The third-order valence-corrected chi connectivity index (χ3v) is 20.6. The van der Waals surface area contributed by atoms with E-state index in [2.05, 4.69) is 50.7 Å². The highest BCUT2D eigenvalue weighted by atomic mass is 32.2. The first kappa shape index (κ1) is 70.9. The van der Waals surface area contributed by atoms with Gasteiger partial charge >= 0.3 is 12.0 Å². The summed E-state index contributed by atoms with van der Waals surface area (Å²) < 4.78 is 13.0. The number of hydrogen-bond donors (Lipinski definition) is 14. The number of benzene rings is 4. The highest BCUT2D eigenvalue weighted by Crippen LogP contribution is 2.52. The van der Waals surface area contributed by atoms with E-state index in [4.69, 9.17) is 15.2 Å². The summed E-state index contributed by atoms with van der Waals surface area (Å²) >= 11 is 1.67. The molecule has 1 saturated carbocycles. The number of amides is 7. The standard InChI is InChI=1S/C69H90N10O15S/c1-6-39-37-79(50-35-51(45-19-13-14-20-46(45)55(39)50)93-67-59(84)57(82)58(83)60(94-67)66(90)91)64(88)49-34-41-33-44(27-28-47(41)76-49)75-61(85)40-23-25-43(26-24-40)74-62(86)48(21-15-29-73-68(70)92)77-63(87)56(38(4)5)72-31-30-71-53(80)22-16-32-78-54(81)36-52(65(78)89)95-69(7-2,8-3)42-17-11-9-10-12-18-42/h13-14,19-20,23-28,33-36,38-39,42,48,56-60,67,72,76,81-84,89H,6-12,15-18,21-22,29-32,37H2,1-5H3,(H,71,80)(H,74,86)(H,75,85)(H,77,87)(H,90,91)(H3,70,73,92). The zero-order chi connectivity index (χ0) is 68.3. The maximum atomic E-state index is 14.6. The van der Waals surface area contributed by atoms with Crippen LogP contribution in [0.15, 0.2) is 89.8 Å². The largest absolute Gasteiger partial charge is 0.494 e. The van der Waals surface area contributed by atoms with Gasteiger partial charge in [-0.25, -0.2) is 9.59 Å². The van der Waals surface area contributed by atoms with Crippen molar-refractivity contribution >= 4 is 92.0 Å². The van der Waals surface area contributed by atoms with Crippen molar-refractivity contribution in [3.05, 3.63) is 102 Å². The molecule has 15 N–H and O–H groups in total. The number of aromatic nitrogens is 2. The number of aromatic amines is 1. The van der Waals surface area contributed by atoms with E-state index in [-0.39, 0.29) is 103 Å². The Morgan fingerprint density at radius 1 is 0.789 bits per heavy atom. The van der Waals surface area contributed by atoms with E-state index in [1.165, 1.54) is 42.4 Å². The summed E-state index contributed by atoms with van der Waals surface area (Å²) in [6, 6.07) is 20.9. The van der Waals surface area contributed by atoms with Crippen molar-refractivity contribution in [2.24, 2.45) is 17.6 Å². The van der Waals surface area contributed by atoms with Crippen LogP contribution in [0.25, 0.3) is 21.7 Å². The summed E-state index contributed by atoms with van der Waals surface area (Å²) in [6.07, 6.45) is 1.54. The number of carbonyl (C=O) groups is 7. The molecular formula is C69H90N10O15S. The van der Waals surface area contributed by atoms with Gasteiger partial charge in [-0.15, -0.1) is 11.8 Å². The summed E-state index contributed by atoms with van der Waals surface area (Å²) in [5.74, 6) is -3.35. The van der Waals surface area contributed by atoms with Crippen LogP contribution in [0.4, 0.5) is 21.9 Å². The number of nitrogens with two attached hydrogens (primary N) is 1. The van der Waals surface area contributed by atoms with E-state index in [0.29, 0.717) is 63.6 Å². The van der Waals surface area contributed by atoms with Gasteiger partial charge in [0.2, 0.25) is 29.9 Å². The van der Waals surface area contributed by atoms with Crippen LogP contribution in [0.2, 0.25) is 0 Å². The Hall–Kier alpha value is -8.40. The zero-order valence-corrected chi connectivity index (χ0v) is 55.1. The lowest BCUT2D eigenvalue weighted by Gasteiger charge is -2.39. The van der Waals surface area contributed by atoms with Gasteiger partial charge in [-0.05, 0) is 123 Å². The number of carbonyl (C=O) groups excluding carboxylic acids is 6. The predicted octanol–water partition coefficient (Wildman–Crippen LogP) is 7.92. The quantitative estimate of drug-likeness (QED) is 0.0120. The van der Waals surface area contributed by atoms with Crippen LogP contribution >= 0.6 is 11.8 Å². The Morgan fingerprint density at radius 2 is 1.49 bits per heavy atom. The average molecular weight is 1330 g/mol. The maximum absolute atomic E-state index is 14.6. The first-order valence-corrected chi connectivity index (χ1v) is 33.8. The molecule has 8 unspecified atom stereocenters. The molecule has 0 radical (unpaired) electrons. The highest BCUT2D eigenvalue weighted by Gasteiger charge is 2.49. The minimum atomic E-state index is -1.92. The molecule has 26 heteroatoms. The Labute approximate surface area is 555 Å². The molecule has 7 amide bonds. The minimum absolute atomic E-state index is 0.0117. The highest BCUT2D eigenvalue weighted by molar-refractivity contribution is 8.00. The van der Waals surface area contributed by atoms with E-state index < -0.39 is 72.5 Å². The van der Waals surface area contributed by atoms with Crippen molar-refractivity contribution in [2.45, 2.75) is 183 Å². The fourth-order valence-electron chi connectivity index (χ4n) is 13.4. The number of hydrogen-bond acceptors (Lipinski definition) is 16. The van der Waals surface area contributed by atoms with E-state index in [1.54, 1.807) is 77.3 Å². The number of ether oxygens (including phenoxy) is 2. The normalized spacial score (nSPS) is 19.8. The first-order chi connectivity index (χ1) is 45.5. The average Bonchev–Trinajstić information content (AvgIpc) is 1.63. The Balaban J connectivity index is 0.778. The number of primary amides is 1. The number of H-pyrrole nitrogens is 1. The van der Waals surface area contributed by atoms with Gasteiger partial charge < -0.3 is 87.6 Å². The predicted molar refractivity (Wildman–Crippen MR) is 361 cm³/mol. The van der Waals surface area contributed by atoms with Crippen molar-refractivity contribution in [2.75, 3.05) is 41.7 Å². The van der Waals surface area contributed by atoms with Crippen molar-refractivity contribution in [3.63, 3.8) is 0 Å². The number of aromatic hydroxyl groups is 2. The van der Waals surface area contributed by atoms with Crippen LogP contribution in [0.1, 0.15) is 150 Å². The molecule has 512 valence electrons. The van der Waals surface area contributed by atoms with Gasteiger partial charge in [0, 0.05) is 95.2 Å². The number of fused-ring (bicyclic) bond motifs is 4. The van der Waals surface area contributed by atoms with E-state index in [9.17, 15) is 64.2 Å². The molecule has 1 aliphatic carbocycles. The number of nitrogens with zero attached hydrogens (tertiary/aromatic N) is 2. The number of rotatable bonds is 29. The molecule has 0 bridgehead atoms. The number of aliphatic hydroxyl groups is 3. The molecule has 1 saturated heterocycles. The molecule has 2 aromatic heterocycles. The fourth-order valence-corrected chi connectivity index (χ4v) is 14.9. The summed E-state index contributed by atoms with van der Waals surface area (Å²) in [6.45, 7) is 11.2. The van der Waals surface area contributed by atoms with Gasteiger partial charge in [0.15, 0.2) is 12.0 Å². The number of aliphatic hydroxyl groups excluding tert-OH is 3. The van der Waals surface area contributed by atoms with E-state index in [0.717, 1.165) is 36.6 Å². The molecule has 4 aromatic carbocycles. The summed E-state index contributed by atoms with van der Waals surface area (Å²) in [4.78, 5) is 97.9. The molecule has 3 aliphatic rings. The third kappa shape index (κ3) is 16.6. The number of aliphatic carboxylic acids is 1. The summed E-state index contributed by atoms with van der Waals surface area (Å²) in [5, 5.41) is 82.6. The molecule has 6 aromatic rings. The zero-order valence-electron chi connectivity index (χ0n) is 54.3. The molecular weight excluding hydrogens is 1240 g/mol.